The lowest BCUT2D eigenvalue weighted by atomic mass is 10.1. The zero-order chi connectivity index (χ0) is 13.7. The summed E-state index contributed by atoms with van der Waals surface area (Å²) >= 11 is 17.8. The summed E-state index contributed by atoms with van der Waals surface area (Å²) in [5, 5.41) is 18.0. The van der Waals surface area contributed by atoms with Crippen LogP contribution in [0.1, 0.15) is 30.9 Å². The van der Waals surface area contributed by atoms with Gasteiger partial charge in [-0.2, -0.15) is 10.5 Å². The molecule has 0 aliphatic carbocycles. The van der Waals surface area contributed by atoms with E-state index in [9.17, 15) is 0 Å². The molecule has 0 N–H and O–H groups in total. The number of ether oxygens (including phenoxy) is 1. The van der Waals surface area contributed by atoms with Gasteiger partial charge < -0.3 is 4.74 Å². The zero-order valence-electron chi connectivity index (χ0n) is 9.56. The van der Waals surface area contributed by atoms with Crippen molar-refractivity contribution in [3.05, 3.63) is 26.2 Å². The highest BCUT2D eigenvalue weighted by Gasteiger charge is 2.22. The molecule has 18 heavy (non-hydrogen) atoms. The number of nitriles is 2. The first-order valence-corrected chi connectivity index (χ1v) is 6.35. The fraction of sp³-hybridized carbons (Fsp3) is 0.333. The van der Waals surface area contributed by atoms with Crippen molar-refractivity contribution in [3.63, 3.8) is 0 Å². The van der Waals surface area contributed by atoms with Gasteiger partial charge in [0.25, 0.3) is 0 Å². The Morgan fingerprint density at radius 1 is 1.00 bits per heavy atom. The average Bonchev–Trinajstić information content (AvgIpc) is 2.36. The van der Waals surface area contributed by atoms with Crippen LogP contribution < -0.4 is 4.74 Å². The summed E-state index contributed by atoms with van der Waals surface area (Å²) in [6, 6.07) is 3.70. The largest absolute Gasteiger partial charge is 0.491 e. The van der Waals surface area contributed by atoms with Crippen LogP contribution in [-0.4, -0.2) is 6.61 Å². The van der Waals surface area contributed by atoms with Crippen LogP contribution in [0.25, 0.3) is 0 Å². The standard InChI is InChI=1S/C12H9Cl3N2O/c1-2-3-4-18-12-8(6-17)9(13)7(5-16)10(14)11(12)15/h2-4H2,1H3. The second-order valence-electron chi connectivity index (χ2n) is 3.45. The Morgan fingerprint density at radius 3 is 2.11 bits per heavy atom. The number of unbranched alkanes of at least 4 members (excludes halogenated alkanes) is 1. The topological polar surface area (TPSA) is 56.8 Å². The van der Waals surface area contributed by atoms with Crippen LogP contribution in [-0.2, 0) is 0 Å². The highest BCUT2D eigenvalue weighted by molar-refractivity contribution is 6.45. The van der Waals surface area contributed by atoms with Crippen molar-refractivity contribution in [2.24, 2.45) is 0 Å². The molecule has 1 rings (SSSR count). The van der Waals surface area contributed by atoms with Gasteiger partial charge in [0.2, 0.25) is 0 Å². The van der Waals surface area contributed by atoms with E-state index in [2.05, 4.69) is 0 Å². The van der Waals surface area contributed by atoms with Crippen molar-refractivity contribution in [1.82, 2.24) is 0 Å². The Morgan fingerprint density at radius 2 is 1.61 bits per heavy atom. The third kappa shape index (κ3) is 2.82. The summed E-state index contributed by atoms with van der Waals surface area (Å²) in [6.45, 7) is 2.42. The molecule has 0 aliphatic heterocycles. The maximum atomic E-state index is 9.07. The molecule has 0 fully saturated rings. The molecule has 0 radical (unpaired) electrons. The Balaban J connectivity index is 3.34. The molecule has 0 aromatic heterocycles. The van der Waals surface area contributed by atoms with Crippen LogP contribution in [0, 0.1) is 22.7 Å². The van der Waals surface area contributed by atoms with Gasteiger partial charge in [0.1, 0.15) is 22.7 Å². The highest BCUT2D eigenvalue weighted by Crippen LogP contribution is 2.42. The van der Waals surface area contributed by atoms with E-state index in [1.54, 1.807) is 0 Å². The molecule has 0 bridgehead atoms. The van der Waals surface area contributed by atoms with Crippen molar-refractivity contribution in [3.8, 4) is 17.9 Å². The van der Waals surface area contributed by atoms with E-state index in [-0.39, 0.29) is 31.9 Å². The van der Waals surface area contributed by atoms with Gasteiger partial charge in [-0.15, -0.1) is 0 Å². The minimum absolute atomic E-state index is 0.00895. The van der Waals surface area contributed by atoms with Gasteiger partial charge in [0.15, 0.2) is 5.75 Å². The number of rotatable bonds is 4. The van der Waals surface area contributed by atoms with Crippen molar-refractivity contribution >= 4 is 34.8 Å². The Labute approximate surface area is 120 Å². The van der Waals surface area contributed by atoms with E-state index < -0.39 is 0 Å². The third-order valence-corrected chi connectivity index (χ3v) is 3.46. The van der Waals surface area contributed by atoms with Crippen molar-refractivity contribution < 1.29 is 4.74 Å². The molecule has 0 amide bonds. The molecular formula is C12H9Cl3N2O. The second kappa shape index (κ2) is 6.71. The van der Waals surface area contributed by atoms with Crippen molar-refractivity contribution in [2.45, 2.75) is 19.8 Å². The number of nitrogens with zero attached hydrogens (tertiary/aromatic N) is 2. The summed E-state index contributed by atoms with van der Waals surface area (Å²) in [6.07, 6.45) is 1.76. The van der Waals surface area contributed by atoms with Crippen LogP contribution in [0.3, 0.4) is 0 Å². The fourth-order valence-electron chi connectivity index (χ4n) is 1.29. The molecule has 0 unspecified atom stereocenters. The summed E-state index contributed by atoms with van der Waals surface area (Å²) in [7, 11) is 0. The normalized spacial score (nSPS) is 9.67. The lowest BCUT2D eigenvalue weighted by Gasteiger charge is -2.13. The van der Waals surface area contributed by atoms with Gasteiger partial charge in [-0.25, -0.2) is 0 Å². The summed E-state index contributed by atoms with van der Waals surface area (Å²) < 4.78 is 5.43. The molecule has 0 heterocycles. The average molecular weight is 304 g/mol. The van der Waals surface area contributed by atoms with Gasteiger partial charge >= 0.3 is 0 Å². The molecule has 1 aromatic carbocycles. The first-order valence-electron chi connectivity index (χ1n) is 5.21. The molecular weight excluding hydrogens is 295 g/mol. The molecule has 0 spiro atoms. The van der Waals surface area contributed by atoms with Crippen LogP contribution in [0.4, 0.5) is 0 Å². The fourth-order valence-corrected chi connectivity index (χ4v) is 2.07. The monoisotopic (exact) mass is 302 g/mol. The van der Waals surface area contributed by atoms with Crippen molar-refractivity contribution in [2.75, 3.05) is 6.61 Å². The first-order chi connectivity index (χ1) is 8.58. The van der Waals surface area contributed by atoms with E-state index in [1.807, 2.05) is 19.1 Å². The Hall–Kier alpha value is -1.13. The van der Waals surface area contributed by atoms with Crippen LogP contribution >= 0.6 is 34.8 Å². The predicted octanol–water partition coefficient (Wildman–Crippen LogP) is 4.57. The quantitative estimate of drug-likeness (QED) is 0.604. The van der Waals surface area contributed by atoms with Gasteiger partial charge in [0.05, 0.1) is 22.2 Å². The van der Waals surface area contributed by atoms with Crippen LogP contribution in [0.15, 0.2) is 0 Å². The summed E-state index contributed by atoms with van der Waals surface area (Å²) in [5.74, 6) is 0.140. The Bertz CT molecular complexity index is 544. The number of benzene rings is 1. The van der Waals surface area contributed by atoms with E-state index in [0.717, 1.165) is 12.8 Å². The van der Waals surface area contributed by atoms with E-state index in [0.29, 0.717) is 6.61 Å². The van der Waals surface area contributed by atoms with Gasteiger partial charge in [0, 0.05) is 0 Å². The minimum Gasteiger partial charge on any atom is -0.491 e. The molecule has 0 atom stereocenters. The third-order valence-electron chi connectivity index (χ3n) is 2.25. The minimum atomic E-state index is -0.0269. The molecule has 6 heteroatoms. The molecule has 1 aromatic rings. The van der Waals surface area contributed by atoms with E-state index >= 15 is 0 Å². The van der Waals surface area contributed by atoms with Gasteiger partial charge in [-0.3, -0.25) is 0 Å². The molecule has 94 valence electrons. The SMILES string of the molecule is CCCCOc1c(Cl)c(Cl)c(C#N)c(Cl)c1C#N. The first kappa shape index (κ1) is 14.9. The lowest BCUT2D eigenvalue weighted by molar-refractivity contribution is 0.309. The molecule has 0 saturated heterocycles. The van der Waals surface area contributed by atoms with E-state index in [1.165, 1.54) is 0 Å². The van der Waals surface area contributed by atoms with Gasteiger partial charge in [-0.05, 0) is 6.42 Å². The summed E-state index contributed by atoms with van der Waals surface area (Å²) in [5.41, 5.74) is 0.0291. The maximum Gasteiger partial charge on any atom is 0.158 e. The molecule has 0 aliphatic rings. The Kier molecular flexibility index (Phi) is 5.56. The predicted molar refractivity (Wildman–Crippen MR) is 71.3 cm³/mol. The van der Waals surface area contributed by atoms with E-state index in [4.69, 9.17) is 50.1 Å². The number of halogens is 3. The zero-order valence-corrected chi connectivity index (χ0v) is 11.8. The molecule has 3 nitrogen and oxygen atoms in total. The van der Waals surface area contributed by atoms with Crippen LogP contribution in [0.5, 0.6) is 5.75 Å². The van der Waals surface area contributed by atoms with Crippen LogP contribution in [0.2, 0.25) is 15.1 Å². The van der Waals surface area contributed by atoms with Crippen molar-refractivity contribution in [1.29, 1.82) is 10.5 Å². The smallest absolute Gasteiger partial charge is 0.158 e. The second-order valence-corrected chi connectivity index (χ2v) is 4.58. The maximum absolute atomic E-state index is 9.07. The van der Waals surface area contributed by atoms with Gasteiger partial charge in [-0.1, -0.05) is 48.1 Å². The highest BCUT2D eigenvalue weighted by atomic mass is 35.5. The molecule has 0 saturated carbocycles. The number of hydrogen-bond donors (Lipinski definition) is 0. The summed E-state index contributed by atoms with van der Waals surface area (Å²) in [4.78, 5) is 0. The lowest BCUT2D eigenvalue weighted by Crippen LogP contribution is -2.01. The number of hydrogen-bond acceptors (Lipinski definition) is 3.